The van der Waals surface area contributed by atoms with Crippen LogP contribution in [0.5, 0.6) is 0 Å². The maximum absolute atomic E-state index is 5.42. The van der Waals surface area contributed by atoms with Crippen molar-refractivity contribution in [3.05, 3.63) is 35.0 Å². The van der Waals surface area contributed by atoms with Crippen LogP contribution >= 0.6 is 0 Å². The summed E-state index contributed by atoms with van der Waals surface area (Å²) in [7, 11) is 0. The molecule has 0 atom stereocenters. The highest BCUT2D eigenvalue weighted by Crippen LogP contribution is 2.38. The predicted octanol–water partition coefficient (Wildman–Crippen LogP) is 5.05. The van der Waals surface area contributed by atoms with Gasteiger partial charge in [0.25, 0.3) is 0 Å². The Morgan fingerprint density at radius 1 is 1.10 bits per heavy atom. The van der Waals surface area contributed by atoms with Crippen molar-refractivity contribution >= 4 is 17.0 Å². The Bertz CT molecular complexity index is 1150. The molecule has 1 saturated carbocycles. The molecule has 0 unspecified atom stereocenters. The molecule has 0 spiro atoms. The smallest absolute Gasteiger partial charge is 0.201 e. The van der Waals surface area contributed by atoms with Gasteiger partial charge in [-0.05, 0) is 64.2 Å². The molecule has 4 aromatic rings. The lowest BCUT2D eigenvalue weighted by Gasteiger charge is -2.25. The summed E-state index contributed by atoms with van der Waals surface area (Å²) in [5.41, 5.74) is 9.09. The molecule has 3 heterocycles. The Kier molecular flexibility index (Phi) is 4.19. The number of aromatic nitrogens is 5. The largest absolute Gasteiger partial charge is 0.361 e. The number of nitrogens with one attached hydrogen (secondary N) is 3. The first kappa shape index (κ1) is 18.0. The quantitative estimate of drug-likeness (QED) is 0.443. The summed E-state index contributed by atoms with van der Waals surface area (Å²) < 4.78 is 5.42. The number of rotatable bonds is 5. The number of anilines is 1. The molecule has 0 radical (unpaired) electrons. The van der Waals surface area contributed by atoms with Gasteiger partial charge in [-0.3, -0.25) is 5.10 Å². The molecular formula is C22H26N6O. The first-order chi connectivity index (χ1) is 14.0. The van der Waals surface area contributed by atoms with E-state index in [9.17, 15) is 0 Å². The summed E-state index contributed by atoms with van der Waals surface area (Å²) >= 11 is 0. The summed E-state index contributed by atoms with van der Waals surface area (Å²) in [5.74, 6) is 2.40. The van der Waals surface area contributed by atoms with Gasteiger partial charge in [0.2, 0.25) is 5.95 Å². The number of nitrogens with zero attached hydrogens (tertiary/aromatic N) is 3. The molecule has 0 amide bonds. The van der Waals surface area contributed by atoms with E-state index in [2.05, 4.69) is 37.8 Å². The van der Waals surface area contributed by atoms with Crippen molar-refractivity contribution in [1.82, 2.24) is 25.3 Å². The summed E-state index contributed by atoms with van der Waals surface area (Å²) in [6.07, 6.45) is 3.96. The van der Waals surface area contributed by atoms with Gasteiger partial charge in [-0.2, -0.15) is 5.10 Å². The monoisotopic (exact) mass is 390 g/mol. The van der Waals surface area contributed by atoms with E-state index in [1.54, 1.807) is 0 Å². The minimum atomic E-state index is 0.763. The maximum Gasteiger partial charge on any atom is 0.201 e. The second-order valence-electron chi connectivity index (χ2n) is 8.19. The number of imidazole rings is 1. The van der Waals surface area contributed by atoms with E-state index in [4.69, 9.17) is 9.51 Å². The van der Waals surface area contributed by atoms with Gasteiger partial charge < -0.3 is 14.8 Å². The van der Waals surface area contributed by atoms with Crippen LogP contribution in [0.4, 0.5) is 5.95 Å². The Morgan fingerprint density at radius 2 is 1.93 bits per heavy atom. The number of hydrogen-bond acceptors (Lipinski definition) is 5. The van der Waals surface area contributed by atoms with Crippen LogP contribution < -0.4 is 5.32 Å². The average Bonchev–Trinajstić information content (AvgIpc) is 3.30. The Balaban J connectivity index is 1.67. The molecule has 1 aliphatic rings. The zero-order valence-corrected chi connectivity index (χ0v) is 17.3. The molecule has 3 N–H and O–H groups in total. The van der Waals surface area contributed by atoms with E-state index in [-0.39, 0.29) is 0 Å². The van der Waals surface area contributed by atoms with Crippen molar-refractivity contribution in [3.63, 3.8) is 0 Å². The molecule has 1 fully saturated rings. The van der Waals surface area contributed by atoms with Crippen LogP contribution in [0.25, 0.3) is 33.3 Å². The summed E-state index contributed by atoms with van der Waals surface area (Å²) in [4.78, 5) is 8.38. The van der Waals surface area contributed by atoms with E-state index < -0.39 is 0 Å². The van der Waals surface area contributed by atoms with Crippen LogP contribution in [0, 0.1) is 33.6 Å². The minimum absolute atomic E-state index is 0.763. The molecule has 7 heteroatoms. The van der Waals surface area contributed by atoms with E-state index in [1.165, 1.54) is 19.3 Å². The standard InChI is InChI=1S/C22H26N6O/c1-11-19(12(2)27-26-11)17-8-16(20-13(3)28-29-14(20)4)9-18-21(17)25-22(24-18)23-10-15-6-5-7-15/h8-9,15H,5-7,10H2,1-4H3,(H,26,27)(H2,23,24,25). The Labute approximate surface area is 169 Å². The van der Waals surface area contributed by atoms with Crippen molar-refractivity contribution < 1.29 is 4.52 Å². The average molecular weight is 390 g/mol. The fraction of sp³-hybridized carbons (Fsp3) is 0.409. The van der Waals surface area contributed by atoms with Crippen molar-refractivity contribution in [1.29, 1.82) is 0 Å². The fourth-order valence-corrected chi connectivity index (χ4v) is 4.32. The number of H-pyrrole nitrogens is 2. The van der Waals surface area contributed by atoms with Gasteiger partial charge in [-0.15, -0.1) is 0 Å². The van der Waals surface area contributed by atoms with E-state index in [1.807, 2.05) is 27.7 Å². The minimum Gasteiger partial charge on any atom is -0.361 e. The molecular weight excluding hydrogens is 364 g/mol. The second kappa shape index (κ2) is 6.76. The van der Waals surface area contributed by atoms with Gasteiger partial charge in [0, 0.05) is 28.9 Å². The van der Waals surface area contributed by atoms with Gasteiger partial charge in [0.15, 0.2) is 0 Å². The number of fused-ring (bicyclic) bond motifs is 1. The molecule has 29 heavy (non-hydrogen) atoms. The van der Waals surface area contributed by atoms with Crippen LogP contribution in [-0.2, 0) is 0 Å². The zero-order valence-electron chi connectivity index (χ0n) is 17.3. The lowest BCUT2D eigenvalue weighted by atomic mass is 9.85. The SMILES string of the molecule is Cc1n[nH]c(C)c1-c1cc(-c2c(C)noc2C)cc2[nH]c(NCC3CCC3)nc12. The maximum atomic E-state index is 5.42. The summed E-state index contributed by atoms with van der Waals surface area (Å²) in [6.45, 7) is 8.96. The predicted molar refractivity (Wildman–Crippen MR) is 114 cm³/mol. The molecule has 5 rings (SSSR count). The van der Waals surface area contributed by atoms with Gasteiger partial charge in [0.05, 0.1) is 22.4 Å². The van der Waals surface area contributed by atoms with E-state index >= 15 is 0 Å². The first-order valence-electron chi connectivity index (χ1n) is 10.2. The molecule has 0 saturated heterocycles. The van der Waals surface area contributed by atoms with Crippen LogP contribution in [0.3, 0.4) is 0 Å². The number of benzene rings is 1. The molecule has 0 aliphatic heterocycles. The van der Waals surface area contributed by atoms with E-state index in [0.29, 0.717) is 0 Å². The summed E-state index contributed by atoms with van der Waals surface area (Å²) in [5, 5.41) is 15.1. The highest BCUT2D eigenvalue weighted by Gasteiger charge is 2.21. The van der Waals surface area contributed by atoms with Gasteiger partial charge in [-0.1, -0.05) is 11.6 Å². The molecule has 7 nitrogen and oxygen atoms in total. The number of aromatic amines is 2. The van der Waals surface area contributed by atoms with Gasteiger partial charge in [0.1, 0.15) is 5.76 Å². The third-order valence-electron chi connectivity index (χ3n) is 6.09. The van der Waals surface area contributed by atoms with Gasteiger partial charge in [-0.25, -0.2) is 4.98 Å². The van der Waals surface area contributed by atoms with Crippen molar-refractivity contribution in [3.8, 4) is 22.3 Å². The topological polar surface area (TPSA) is 95.4 Å². The van der Waals surface area contributed by atoms with Crippen molar-refractivity contribution in [2.45, 2.75) is 47.0 Å². The summed E-state index contributed by atoms with van der Waals surface area (Å²) in [6, 6.07) is 4.31. The lowest BCUT2D eigenvalue weighted by Crippen LogP contribution is -2.21. The third-order valence-corrected chi connectivity index (χ3v) is 6.09. The number of aryl methyl sites for hydroxylation is 4. The van der Waals surface area contributed by atoms with Crippen molar-refractivity contribution in [2.24, 2.45) is 5.92 Å². The Hall–Kier alpha value is -3.09. The van der Waals surface area contributed by atoms with E-state index in [0.717, 1.165) is 74.5 Å². The normalized spacial score (nSPS) is 14.5. The third kappa shape index (κ3) is 3.01. The highest BCUT2D eigenvalue weighted by atomic mass is 16.5. The van der Waals surface area contributed by atoms with Gasteiger partial charge >= 0.3 is 0 Å². The van der Waals surface area contributed by atoms with Crippen LogP contribution in [0.1, 0.15) is 42.1 Å². The van der Waals surface area contributed by atoms with Crippen LogP contribution in [-0.4, -0.2) is 31.9 Å². The lowest BCUT2D eigenvalue weighted by molar-refractivity contribution is 0.333. The second-order valence-corrected chi connectivity index (χ2v) is 8.19. The van der Waals surface area contributed by atoms with Crippen LogP contribution in [0.2, 0.25) is 0 Å². The molecule has 1 aromatic carbocycles. The highest BCUT2D eigenvalue weighted by molar-refractivity contribution is 5.98. The molecule has 0 bridgehead atoms. The fourth-order valence-electron chi connectivity index (χ4n) is 4.32. The zero-order chi connectivity index (χ0) is 20.1. The molecule has 3 aromatic heterocycles. The molecule has 1 aliphatic carbocycles. The van der Waals surface area contributed by atoms with Crippen LogP contribution in [0.15, 0.2) is 16.7 Å². The first-order valence-corrected chi connectivity index (χ1v) is 10.2. The molecule has 150 valence electrons. The number of hydrogen-bond donors (Lipinski definition) is 3. The Morgan fingerprint density at radius 3 is 2.55 bits per heavy atom. The van der Waals surface area contributed by atoms with Crippen molar-refractivity contribution in [2.75, 3.05) is 11.9 Å².